The zero-order valence-corrected chi connectivity index (χ0v) is 16.8. The van der Waals surface area contributed by atoms with E-state index in [1.807, 2.05) is 37.3 Å². The number of H-pyrrole nitrogens is 1. The molecule has 4 aromatic rings. The third-order valence-electron chi connectivity index (χ3n) is 4.74. The van der Waals surface area contributed by atoms with Crippen molar-refractivity contribution in [3.8, 4) is 22.6 Å². The molecule has 3 N–H and O–H groups in total. The first-order valence-electron chi connectivity index (χ1n) is 9.29. The molecule has 0 fully saturated rings. The van der Waals surface area contributed by atoms with Crippen molar-refractivity contribution >= 4 is 28.4 Å². The van der Waals surface area contributed by atoms with Crippen LogP contribution in [-0.4, -0.2) is 35.4 Å². The normalized spacial score (nSPS) is 10.6. The van der Waals surface area contributed by atoms with Crippen molar-refractivity contribution < 1.29 is 14.3 Å². The number of carbonyl (C=O) groups excluding carboxylic acids is 1. The summed E-state index contributed by atoms with van der Waals surface area (Å²) in [4.78, 5) is 16.7. The van der Waals surface area contributed by atoms with E-state index in [0.29, 0.717) is 28.5 Å². The Balaban J connectivity index is 1.51. The summed E-state index contributed by atoms with van der Waals surface area (Å²) >= 11 is 0. The van der Waals surface area contributed by atoms with Crippen molar-refractivity contribution in [3.05, 3.63) is 60.4 Å². The Labute approximate surface area is 173 Å². The number of pyridine rings is 1. The SMILES string of the molecule is COc1ccc(OC)c(NC(=O)Nc2ccc(-c3ccnc4n[nH]c(C)c34)cc2)c1. The quantitative estimate of drug-likeness (QED) is 0.452. The van der Waals surface area contributed by atoms with E-state index in [4.69, 9.17) is 9.47 Å². The minimum absolute atomic E-state index is 0.383. The number of aromatic amines is 1. The summed E-state index contributed by atoms with van der Waals surface area (Å²) in [6.45, 7) is 1.97. The van der Waals surface area contributed by atoms with Crippen molar-refractivity contribution in [2.45, 2.75) is 6.92 Å². The lowest BCUT2D eigenvalue weighted by Crippen LogP contribution is -2.19. The topological polar surface area (TPSA) is 101 Å². The molecule has 8 heteroatoms. The second-order valence-corrected chi connectivity index (χ2v) is 6.63. The molecule has 0 aliphatic heterocycles. The third-order valence-corrected chi connectivity index (χ3v) is 4.74. The van der Waals surface area contributed by atoms with Gasteiger partial charge in [0, 0.05) is 29.0 Å². The highest BCUT2D eigenvalue weighted by molar-refractivity contribution is 6.01. The van der Waals surface area contributed by atoms with E-state index in [-0.39, 0.29) is 6.03 Å². The number of nitrogens with zero attached hydrogens (tertiary/aromatic N) is 2. The molecular formula is C22H21N5O3. The predicted molar refractivity (Wildman–Crippen MR) is 116 cm³/mol. The Morgan fingerprint density at radius 3 is 2.53 bits per heavy atom. The number of aryl methyl sites for hydroxylation is 1. The fourth-order valence-electron chi connectivity index (χ4n) is 3.27. The van der Waals surface area contributed by atoms with Gasteiger partial charge in [-0.2, -0.15) is 5.10 Å². The molecule has 2 aromatic heterocycles. The van der Waals surface area contributed by atoms with Gasteiger partial charge >= 0.3 is 6.03 Å². The van der Waals surface area contributed by atoms with E-state index in [1.54, 1.807) is 38.6 Å². The zero-order valence-electron chi connectivity index (χ0n) is 16.8. The summed E-state index contributed by atoms with van der Waals surface area (Å²) in [5.74, 6) is 1.16. The van der Waals surface area contributed by atoms with Gasteiger partial charge in [0.15, 0.2) is 5.65 Å². The number of fused-ring (bicyclic) bond motifs is 1. The maximum absolute atomic E-state index is 12.5. The smallest absolute Gasteiger partial charge is 0.323 e. The van der Waals surface area contributed by atoms with Crippen LogP contribution in [0.15, 0.2) is 54.7 Å². The summed E-state index contributed by atoms with van der Waals surface area (Å²) in [7, 11) is 3.11. The molecule has 0 saturated heterocycles. The summed E-state index contributed by atoms with van der Waals surface area (Å²) in [5, 5.41) is 13.8. The molecular weight excluding hydrogens is 382 g/mol. The van der Waals surface area contributed by atoms with Crippen LogP contribution in [0, 0.1) is 6.92 Å². The summed E-state index contributed by atoms with van der Waals surface area (Å²) in [5.41, 5.74) is 4.85. The lowest BCUT2D eigenvalue weighted by atomic mass is 10.0. The average Bonchev–Trinajstić information content (AvgIpc) is 3.15. The summed E-state index contributed by atoms with van der Waals surface area (Å²) in [6, 6.07) is 14.4. The molecule has 4 rings (SSSR count). The van der Waals surface area contributed by atoms with E-state index < -0.39 is 0 Å². The van der Waals surface area contributed by atoms with Gasteiger partial charge in [-0.25, -0.2) is 9.78 Å². The number of urea groups is 1. The van der Waals surface area contributed by atoms with Gasteiger partial charge in [-0.3, -0.25) is 5.10 Å². The Bertz CT molecular complexity index is 1200. The standard InChI is InChI=1S/C22H21N5O3/c1-13-20-17(10-11-23-21(20)27-26-13)14-4-6-15(7-5-14)24-22(28)25-18-12-16(29-2)8-9-19(18)30-3/h4-12H,1-3H3,(H,23,26,27)(H2,24,25,28). The maximum atomic E-state index is 12.5. The predicted octanol–water partition coefficient (Wildman–Crippen LogP) is 4.59. The van der Waals surface area contributed by atoms with Crippen LogP contribution >= 0.6 is 0 Å². The fraction of sp³-hybridized carbons (Fsp3) is 0.136. The van der Waals surface area contributed by atoms with Crippen LogP contribution in [0.25, 0.3) is 22.2 Å². The molecule has 0 radical (unpaired) electrons. The number of hydrogen-bond acceptors (Lipinski definition) is 5. The van der Waals surface area contributed by atoms with Crippen LogP contribution in [0.5, 0.6) is 11.5 Å². The number of methoxy groups -OCH3 is 2. The van der Waals surface area contributed by atoms with E-state index in [9.17, 15) is 4.79 Å². The molecule has 0 saturated carbocycles. The van der Waals surface area contributed by atoms with Crippen LogP contribution < -0.4 is 20.1 Å². The minimum atomic E-state index is -0.383. The second kappa shape index (κ2) is 8.12. The molecule has 0 bridgehead atoms. The van der Waals surface area contributed by atoms with Gasteiger partial charge in [0.2, 0.25) is 0 Å². The highest BCUT2D eigenvalue weighted by atomic mass is 16.5. The lowest BCUT2D eigenvalue weighted by Gasteiger charge is -2.13. The number of nitrogens with one attached hydrogen (secondary N) is 3. The van der Waals surface area contributed by atoms with Gasteiger partial charge in [-0.05, 0) is 48.4 Å². The van der Waals surface area contributed by atoms with Crippen molar-refractivity contribution in [1.29, 1.82) is 0 Å². The Hall–Kier alpha value is -4.07. The van der Waals surface area contributed by atoms with E-state index in [2.05, 4.69) is 25.8 Å². The van der Waals surface area contributed by atoms with E-state index in [1.165, 1.54) is 0 Å². The fourth-order valence-corrected chi connectivity index (χ4v) is 3.27. The van der Waals surface area contributed by atoms with Gasteiger partial charge in [0.05, 0.1) is 19.9 Å². The number of carbonyl (C=O) groups is 1. The van der Waals surface area contributed by atoms with Crippen molar-refractivity contribution in [1.82, 2.24) is 15.2 Å². The Morgan fingerprint density at radius 1 is 1.00 bits per heavy atom. The number of anilines is 2. The highest BCUT2D eigenvalue weighted by Crippen LogP contribution is 2.30. The van der Waals surface area contributed by atoms with Crippen molar-refractivity contribution in [2.75, 3.05) is 24.9 Å². The molecule has 152 valence electrons. The molecule has 0 aliphatic carbocycles. The van der Waals surface area contributed by atoms with Crippen LogP contribution in [0.3, 0.4) is 0 Å². The number of rotatable bonds is 5. The van der Waals surface area contributed by atoms with Crippen LogP contribution in [0.2, 0.25) is 0 Å². The highest BCUT2D eigenvalue weighted by Gasteiger charge is 2.12. The van der Waals surface area contributed by atoms with Gasteiger partial charge in [0.1, 0.15) is 11.5 Å². The maximum Gasteiger partial charge on any atom is 0.323 e. The number of aromatic nitrogens is 3. The molecule has 0 unspecified atom stereocenters. The molecule has 2 heterocycles. The number of benzene rings is 2. The first-order chi connectivity index (χ1) is 14.6. The third kappa shape index (κ3) is 3.75. The van der Waals surface area contributed by atoms with E-state index >= 15 is 0 Å². The average molecular weight is 403 g/mol. The number of amides is 2. The second-order valence-electron chi connectivity index (χ2n) is 6.63. The molecule has 0 spiro atoms. The lowest BCUT2D eigenvalue weighted by molar-refractivity contribution is 0.262. The first-order valence-corrected chi connectivity index (χ1v) is 9.29. The Morgan fingerprint density at radius 2 is 1.80 bits per heavy atom. The largest absolute Gasteiger partial charge is 0.497 e. The van der Waals surface area contributed by atoms with Crippen molar-refractivity contribution in [2.24, 2.45) is 0 Å². The summed E-state index contributed by atoms with van der Waals surface area (Å²) in [6.07, 6.45) is 1.74. The molecule has 2 aromatic carbocycles. The molecule has 0 aliphatic rings. The van der Waals surface area contributed by atoms with Gasteiger partial charge in [-0.1, -0.05) is 12.1 Å². The van der Waals surface area contributed by atoms with Gasteiger partial charge in [0.25, 0.3) is 0 Å². The zero-order chi connectivity index (χ0) is 21.1. The minimum Gasteiger partial charge on any atom is -0.497 e. The monoisotopic (exact) mass is 403 g/mol. The van der Waals surface area contributed by atoms with Crippen LogP contribution in [-0.2, 0) is 0 Å². The van der Waals surface area contributed by atoms with Crippen LogP contribution in [0.1, 0.15) is 5.69 Å². The Kier molecular flexibility index (Phi) is 5.21. The molecule has 2 amide bonds. The number of ether oxygens (including phenoxy) is 2. The first kappa shape index (κ1) is 19.3. The number of hydrogen-bond donors (Lipinski definition) is 3. The summed E-state index contributed by atoms with van der Waals surface area (Å²) < 4.78 is 10.5. The molecule has 0 atom stereocenters. The van der Waals surface area contributed by atoms with E-state index in [0.717, 1.165) is 22.2 Å². The van der Waals surface area contributed by atoms with Crippen LogP contribution in [0.4, 0.5) is 16.2 Å². The molecule has 8 nitrogen and oxygen atoms in total. The van der Waals surface area contributed by atoms with Gasteiger partial charge in [-0.15, -0.1) is 0 Å². The van der Waals surface area contributed by atoms with Gasteiger partial charge < -0.3 is 20.1 Å². The van der Waals surface area contributed by atoms with Crippen molar-refractivity contribution in [3.63, 3.8) is 0 Å². The molecule has 30 heavy (non-hydrogen) atoms.